The molecule has 1 heterocycles. The van der Waals surface area contributed by atoms with Crippen LogP contribution in [0.15, 0.2) is 59.2 Å². The maximum absolute atomic E-state index is 13.9. The third-order valence-corrected chi connectivity index (χ3v) is 3.98. The number of carbonyl (C=O) groups excluding carboxylic acids is 2. The number of furan rings is 1. The average Bonchev–Trinajstić information content (AvgIpc) is 3.15. The predicted molar refractivity (Wildman–Crippen MR) is 97.2 cm³/mol. The normalized spacial score (nSPS) is 10.4. The van der Waals surface area contributed by atoms with Crippen molar-refractivity contribution in [1.29, 1.82) is 0 Å². The Morgan fingerprint density at radius 1 is 1.00 bits per heavy atom. The van der Waals surface area contributed by atoms with Crippen LogP contribution in [-0.2, 0) is 0 Å². The van der Waals surface area contributed by atoms with Crippen LogP contribution in [0.25, 0.3) is 0 Å². The summed E-state index contributed by atoms with van der Waals surface area (Å²) in [5.74, 6) is -1.52. The molecule has 132 valence electrons. The number of amides is 2. The van der Waals surface area contributed by atoms with Gasteiger partial charge in [-0.25, -0.2) is 4.39 Å². The maximum Gasteiger partial charge on any atom is 0.291 e. The van der Waals surface area contributed by atoms with Crippen molar-refractivity contribution < 1.29 is 18.4 Å². The fourth-order valence-corrected chi connectivity index (χ4v) is 2.46. The number of hydrogen-bond donors (Lipinski definition) is 2. The molecule has 0 radical (unpaired) electrons. The van der Waals surface area contributed by atoms with E-state index < -0.39 is 17.6 Å². The standard InChI is InChI=1S/C19H14ClFN2O3/c1-11-7-8-12(10-15(11)23-19(25)16-6-3-9-26-16)18(24)22-14-5-2-4-13(20)17(14)21/h2-10H,1H3,(H,22,24)(H,23,25). The van der Waals surface area contributed by atoms with Crippen molar-refractivity contribution in [3.8, 4) is 0 Å². The zero-order valence-electron chi connectivity index (χ0n) is 13.7. The summed E-state index contributed by atoms with van der Waals surface area (Å²) in [4.78, 5) is 24.5. The monoisotopic (exact) mass is 372 g/mol. The highest BCUT2D eigenvalue weighted by Crippen LogP contribution is 2.24. The number of hydrogen-bond acceptors (Lipinski definition) is 3. The molecule has 7 heteroatoms. The summed E-state index contributed by atoms with van der Waals surface area (Å²) in [5, 5.41) is 5.06. The van der Waals surface area contributed by atoms with Crippen molar-refractivity contribution in [1.82, 2.24) is 0 Å². The zero-order chi connectivity index (χ0) is 18.7. The molecule has 3 rings (SSSR count). The van der Waals surface area contributed by atoms with Crippen LogP contribution >= 0.6 is 11.6 Å². The van der Waals surface area contributed by atoms with Gasteiger partial charge in [0, 0.05) is 11.3 Å². The molecule has 0 bridgehead atoms. The first-order valence-corrected chi connectivity index (χ1v) is 8.04. The first kappa shape index (κ1) is 17.7. The Labute approximate surface area is 153 Å². The van der Waals surface area contributed by atoms with E-state index >= 15 is 0 Å². The van der Waals surface area contributed by atoms with Crippen molar-refractivity contribution in [2.75, 3.05) is 10.6 Å². The van der Waals surface area contributed by atoms with E-state index in [4.69, 9.17) is 16.0 Å². The summed E-state index contributed by atoms with van der Waals surface area (Å²) in [7, 11) is 0. The van der Waals surface area contributed by atoms with Crippen LogP contribution in [0, 0.1) is 12.7 Å². The number of benzene rings is 2. The first-order chi connectivity index (χ1) is 12.5. The van der Waals surface area contributed by atoms with E-state index in [0.717, 1.165) is 5.56 Å². The van der Waals surface area contributed by atoms with Crippen LogP contribution in [0.3, 0.4) is 0 Å². The van der Waals surface area contributed by atoms with Gasteiger partial charge in [-0.2, -0.15) is 0 Å². The number of rotatable bonds is 4. The van der Waals surface area contributed by atoms with Crippen molar-refractivity contribution in [2.24, 2.45) is 0 Å². The van der Waals surface area contributed by atoms with Crippen molar-refractivity contribution in [3.63, 3.8) is 0 Å². The van der Waals surface area contributed by atoms with Crippen molar-refractivity contribution in [3.05, 3.63) is 82.5 Å². The smallest absolute Gasteiger partial charge is 0.291 e. The molecular formula is C19H14ClFN2O3. The maximum atomic E-state index is 13.9. The molecule has 5 nitrogen and oxygen atoms in total. The Bertz CT molecular complexity index is 971. The Morgan fingerprint density at radius 3 is 2.50 bits per heavy atom. The first-order valence-electron chi connectivity index (χ1n) is 7.66. The van der Waals surface area contributed by atoms with Gasteiger partial charge in [-0.1, -0.05) is 23.7 Å². The molecule has 1 aromatic heterocycles. The van der Waals surface area contributed by atoms with Gasteiger partial charge in [0.2, 0.25) is 0 Å². The van der Waals surface area contributed by atoms with Crippen LogP contribution in [0.2, 0.25) is 5.02 Å². The molecule has 0 aliphatic rings. The summed E-state index contributed by atoms with van der Waals surface area (Å²) in [5.41, 5.74) is 1.44. The molecule has 0 aliphatic heterocycles. The van der Waals surface area contributed by atoms with Crippen LogP contribution in [0.1, 0.15) is 26.5 Å². The number of carbonyl (C=O) groups is 2. The van der Waals surface area contributed by atoms with Crippen LogP contribution in [-0.4, -0.2) is 11.8 Å². The van der Waals surface area contributed by atoms with E-state index in [1.54, 1.807) is 25.1 Å². The number of anilines is 2. The third kappa shape index (κ3) is 3.75. The number of halogens is 2. The predicted octanol–water partition coefficient (Wildman–Crippen LogP) is 4.89. The summed E-state index contributed by atoms with van der Waals surface area (Å²) in [6.07, 6.45) is 1.39. The average molecular weight is 373 g/mol. The lowest BCUT2D eigenvalue weighted by Crippen LogP contribution is -2.15. The van der Waals surface area contributed by atoms with Gasteiger partial charge in [-0.05, 0) is 48.9 Å². The molecule has 0 aliphatic carbocycles. The fraction of sp³-hybridized carbons (Fsp3) is 0.0526. The minimum atomic E-state index is -0.707. The lowest BCUT2D eigenvalue weighted by Gasteiger charge is -2.11. The van der Waals surface area contributed by atoms with Crippen molar-refractivity contribution >= 4 is 34.8 Å². The molecule has 26 heavy (non-hydrogen) atoms. The third-order valence-electron chi connectivity index (χ3n) is 3.69. The number of nitrogens with one attached hydrogen (secondary N) is 2. The van der Waals surface area contributed by atoms with Gasteiger partial charge < -0.3 is 15.1 Å². The molecule has 0 fully saturated rings. The summed E-state index contributed by atoms with van der Waals surface area (Å²) in [6.45, 7) is 1.79. The van der Waals surface area contributed by atoms with Gasteiger partial charge in [0.05, 0.1) is 17.0 Å². The topological polar surface area (TPSA) is 71.3 Å². The van der Waals surface area contributed by atoms with Gasteiger partial charge in [-0.3, -0.25) is 9.59 Å². The second-order valence-electron chi connectivity index (χ2n) is 5.52. The van der Waals surface area contributed by atoms with E-state index in [-0.39, 0.29) is 22.0 Å². The van der Waals surface area contributed by atoms with Crippen LogP contribution in [0.5, 0.6) is 0 Å². The molecule has 0 saturated carbocycles. The molecule has 0 saturated heterocycles. The Kier molecular flexibility index (Phi) is 5.04. The Hall–Kier alpha value is -3.12. The largest absolute Gasteiger partial charge is 0.459 e. The van der Waals surface area contributed by atoms with Crippen LogP contribution in [0.4, 0.5) is 15.8 Å². The molecule has 0 atom stereocenters. The SMILES string of the molecule is Cc1ccc(C(=O)Nc2cccc(Cl)c2F)cc1NC(=O)c1ccco1. The lowest BCUT2D eigenvalue weighted by atomic mass is 10.1. The molecule has 2 aromatic carbocycles. The lowest BCUT2D eigenvalue weighted by molar-refractivity contribution is 0.0993. The van der Waals surface area contributed by atoms with E-state index in [2.05, 4.69) is 10.6 Å². The van der Waals surface area contributed by atoms with Gasteiger partial charge in [-0.15, -0.1) is 0 Å². The molecular weight excluding hydrogens is 359 g/mol. The molecule has 2 N–H and O–H groups in total. The quantitative estimate of drug-likeness (QED) is 0.685. The van der Waals surface area contributed by atoms with Gasteiger partial charge in [0.1, 0.15) is 0 Å². The van der Waals surface area contributed by atoms with E-state index in [9.17, 15) is 14.0 Å². The highest BCUT2D eigenvalue weighted by Gasteiger charge is 2.15. The van der Waals surface area contributed by atoms with Crippen LogP contribution < -0.4 is 10.6 Å². The highest BCUT2D eigenvalue weighted by molar-refractivity contribution is 6.31. The van der Waals surface area contributed by atoms with E-state index in [1.165, 1.54) is 36.6 Å². The summed E-state index contributed by atoms with van der Waals surface area (Å²) < 4.78 is 19.0. The molecule has 3 aromatic rings. The van der Waals surface area contributed by atoms with E-state index in [1.807, 2.05) is 0 Å². The molecule has 0 spiro atoms. The summed E-state index contributed by atoms with van der Waals surface area (Å²) >= 11 is 5.71. The van der Waals surface area contributed by atoms with Gasteiger partial charge >= 0.3 is 0 Å². The zero-order valence-corrected chi connectivity index (χ0v) is 14.4. The second-order valence-corrected chi connectivity index (χ2v) is 5.92. The summed E-state index contributed by atoms with van der Waals surface area (Å²) in [6, 6.07) is 12.2. The van der Waals surface area contributed by atoms with Crippen molar-refractivity contribution in [2.45, 2.75) is 6.92 Å². The second kappa shape index (κ2) is 7.41. The molecule has 2 amide bonds. The van der Waals surface area contributed by atoms with Gasteiger partial charge in [0.25, 0.3) is 11.8 Å². The van der Waals surface area contributed by atoms with Gasteiger partial charge in [0.15, 0.2) is 11.6 Å². The fourth-order valence-electron chi connectivity index (χ4n) is 2.28. The minimum absolute atomic E-state index is 0.0238. The minimum Gasteiger partial charge on any atom is -0.459 e. The highest BCUT2D eigenvalue weighted by atomic mass is 35.5. The Morgan fingerprint density at radius 2 is 1.77 bits per heavy atom. The number of aryl methyl sites for hydroxylation is 1. The molecule has 0 unspecified atom stereocenters. The Balaban J connectivity index is 1.81. The van der Waals surface area contributed by atoms with E-state index in [0.29, 0.717) is 5.69 Å².